The van der Waals surface area contributed by atoms with Gasteiger partial charge in [0.2, 0.25) is 10.0 Å². The Morgan fingerprint density at radius 1 is 1.24 bits per heavy atom. The molecule has 25 heavy (non-hydrogen) atoms. The summed E-state index contributed by atoms with van der Waals surface area (Å²) in [7, 11) is -3.33. The van der Waals surface area contributed by atoms with Crippen LogP contribution in [0.25, 0.3) is 0 Å². The van der Waals surface area contributed by atoms with Crippen LogP contribution in [0.1, 0.15) is 29.8 Å². The van der Waals surface area contributed by atoms with Gasteiger partial charge in [-0.05, 0) is 68.3 Å². The number of benzene rings is 2. The molecule has 0 fully saturated rings. The number of rotatable bonds is 4. The largest absolute Gasteiger partial charge is 0.322 e. The molecule has 1 aliphatic rings. The molecule has 1 aliphatic heterocycles. The van der Waals surface area contributed by atoms with Crippen molar-refractivity contribution in [2.24, 2.45) is 0 Å². The van der Waals surface area contributed by atoms with Gasteiger partial charge in [-0.3, -0.25) is 9.10 Å². The zero-order valence-electron chi connectivity index (χ0n) is 14.0. The van der Waals surface area contributed by atoms with E-state index >= 15 is 0 Å². The van der Waals surface area contributed by atoms with Gasteiger partial charge in [0.1, 0.15) is 0 Å². The first kappa shape index (κ1) is 17.8. The number of halogens is 1. The number of carbonyl (C=O) groups excluding carboxylic acids is 1. The molecule has 5 nitrogen and oxygen atoms in total. The lowest BCUT2D eigenvalue weighted by Crippen LogP contribution is -2.36. The van der Waals surface area contributed by atoms with Crippen molar-refractivity contribution < 1.29 is 13.2 Å². The van der Waals surface area contributed by atoms with E-state index in [2.05, 4.69) is 5.32 Å². The molecule has 7 heteroatoms. The lowest BCUT2D eigenvalue weighted by Gasteiger charge is -2.23. The fraction of sp³-hybridized carbons (Fsp3) is 0.278. The summed E-state index contributed by atoms with van der Waals surface area (Å²) in [5.74, 6) is -0.190. The zero-order chi connectivity index (χ0) is 18.2. The summed E-state index contributed by atoms with van der Waals surface area (Å²) in [6, 6.07) is 11.8. The van der Waals surface area contributed by atoms with Crippen molar-refractivity contribution >= 4 is 38.9 Å². The molecule has 1 atom stereocenters. The van der Waals surface area contributed by atoms with Gasteiger partial charge in [0.15, 0.2) is 0 Å². The number of amides is 1. The van der Waals surface area contributed by atoms with Crippen molar-refractivity contribution in [2.75, 3.05) is 15.4 Å². The summed E-state index contributed by atoms with van der Waals surface area (Å²) in [5, 5.41) is 3.41. The van der Waals surface area contributed by atoms with Crippen molar-refractivity contribution in [1.82, 2.24) is 0 Å². The van der Waals surface area contributed by atoms with Crippen LogP contribution in [0.2, 0.25) is 5.02 Å². The molecule has 0 aliphatic carbocycles. The Hall–Kier alpha value is -2.05. The molecule has 0 aromatic heterocycles. The minimum Gasteiger partial charge on any atom is -0.322 e. The third-order valence-electron chi connectivity index (χ3n) is 4.26. The maximum atomic E-state index is 12.4. The van der Waals surface area contributed by atoms with Crippen molar-refractivity contribution in [1.29, 1.82) is 0 Å². The van der Waals surface area contributed by atoms with Gasteiger partial charge in [0.25, 0.3) is 5.91 Å². The third kappa shape index (κ3) is 3.50. The standard InChI is InChI=1S/C18H19ClN2O3S/c1-3-25(23,24)21-12(2)10-14-11-13(4-9-17(14)21)18(22)20-16-7-5-15(19)6-8-16/h4-9,11-12H,3,10H2,1-2H3,(H,20,22)/t12-/m0/s1. The lowest BCUT2D eigenvalue weighted by molar-refractivity contribution is 0.102. The minimum atomic E-state index is -3.33. The van der Waals surface area contributed by atoms with E-state index in [0.29, 0.717) is 28.4 Å². The van der Waals surface area contributed by atoms with E-state index in [-0.39, 0.29) is 17.7 Å². The molecule has 2 aromatic rings. The quantitative estimate of drug-likeness (QED) is 0.882. The predicted octanol–water partition coefficient (Wildman–Crippen LogP) is 3.69. The summed E-state index contributed by atoms with van der Waals surface area (Å²) in [4.78, 5) is 12.4. The fourth-order valence-corrected chi connectivity index (χ4v) is 4.55. The van der Waals surface area contributed by atoms with E-state index in [4.69, 9.17) is 11.6 Å². The van der Waals surface area contributed by atoms with E-state index in [1.54, 1.807) is 49.4 Å². The van der Waals surface area contributed by atoms with Crippen LogP contribution >= 0.6 is 11.6 Å². The number of nitrogens with zero attached hydrogens (tertiary/aromatic N) is 1. The van der Waals surface area contributed by atoms with Crippen LogP contribution in [-0.4, -0.2) is 26.1 Å². The molecule has 2 aromatic carbocycles. The molecule has 0 radical (unpaired) electrons. The minimum absolute atomic E-state index is 0.0512. The van der Waals surface area contributed by atoms with Crippen LogP contribution in [0.5, 0.6) is 0 Å². The Labute approximate surface area is 152 Å². The van der Waals surface area contributed by atoms with Crippen LogP contribution in [0.3, 0.4) is 0 Å². The number of carbonyl (C=O) groups is 1. The van der Waals surface area contributed by atoms with Crippen molar-refractivity contribution in [3.05, 3.63) is 58.6 Å². The Kier molecular flexibility index (Phi) is 4.75. The number of hydrogen-bond donors (Lipinski definition) is 1. The van der Waals surface area contributed by atoms with Crippen LogP contribution in [0.15, 0.2) is 42.5 Å². The maximum absolute atomic E-state index is 12.4. The maximum Gasteiger partial charge on any atom is 0.255 e. The highest BCUT2D eigenvalue weighted by Gasteiger charge is 2.34. The predicted molar refractivity (Wildman–Crippen MR) is 101 cm³/mol. The van der Waals surface area contributed by atoms with Gasteiger partial charge in [0.05, 0.1) is 11.4 Å². The second-order valence-corrected chi connectivity index (χ2v) is 8.63. The number of hydrogen-bond acceptors (Lipinski definition) is 3. The summed E-state index contributed by atoms with van der Waals surface area (Å²) in [6.45, 7) is 3.51. The normalized spacial score (nSPS) is 16.6. The Morgan fingerprint density at radius 2 is 1.92 bits per heavy atom. The highest BCUT2D eigenvalue weighted by molar-refractivity contribution is 7.92. The first-order chi connectivity index (χ1) is 11.8. The summed E-state index contributed by atoms with van der Waals surface area (Å²) in [5.41, 5.74) is 2.68. The van der Waals surface area contributed by atoms with Gasteiger partial charge in [-0.2, -0.15) is 0 Å². The molecule has 0 bridgehead atoms. The molecule has 1 N–H and O–H groups in total. The summed E-state index contributed by atoms with van der Waals surface area (Å²) < 4.78 is 26.1. The number of anilines is 2. The average molecular weight is 379 g/mol. The zero-order valence-corrected chi connectivity index (χ0v) is 15.6. The molecule has 0 saturated heterocycles. The van der Waals surface area contributed by atoms with E-state index in [1.165, 1.54) is 4.31 Å². The average Bonchev–Trinajstić information content (AvgIpc) is 2.92. The third-order valence-corrected chi connectivity index (χ3v) is 6.40. The Balaban J connectivity index is 1.86. The van der Waals surface area contributed by atoms with Gasteiger partial charge in [-0.25, -0.2) is 8.42 Å². The highest BCUT2D eigenvalue weighted by Crippen LogP contribution is 2.35. The molecule has 1 heterocycles. The van der Waals surface area contributed by atoms with Crippen LogP contribution < -0.4 is 9.62 Å². The van der Waals surface area contributed by atoms with E-state index in [1.807, 2.05) is 6.92 Å². The van der Waals surface area contributed by atoms with Crippen LogP contribution in [-0.2, 0) is 16.4 Å². The second-order valence-electron chi connectivity index (χ2n) is 6.05. The first-order valence-corrected chi connectivity index (χ1v) is 10.0. The molecular formula is C18H19ClN2O3S. The van der Waals surface area contributed by atoms with Gasteiger partial charge < -0.3 is 5.32 Å². The SMILES string of the molecule is CCS(=O)(=O)N1c2ccc(C(=O)Nc3ccc(Cl)cc3)cc2C[C@@H]1C. The smallest absolute Gasteiger partial charge is 0.255 e. The van der Waals surface area contributed by atoms with Crippen molar-refractivity contribution in [3.8, 4) is 0 Å². The molecule has 0 unspecified atom stereocenters. The van der Waals surface area contributed by atoms with Crippen LogP contribution in [0.4, 0.5) is 11.4 Å². The molecular weight excluding hydrogens is 360 g/mol. The van der Waals surface area contributed by atoms with Gasteiger partial charge in [0, 0.05) is 22.3 Å². The highest BCUT2D eigenvalue weighted by atomic mass is 35.5. The number of fused-ring (bicyclic) bond motifs is 1. The van der Waals surface area contributed by atoms with E-state index < -0.39 is 10.0 Å². The molecule has 0 spiro atoms. The molecule has 1 amide bonds. The molecule has 3 rings (SSSR count). The van der Waals surface area contributed by atoms with Gasteiger partial charge in [-0.1, -0.05) is 11.6 Å². The van der Waals surface area contributed by atoms with E-state index in [9.17, 15) is 13.2 Å². The van der Waals surface area contributed by atoms with Gasteiger partial charge >= 0.3 is 0 Å². The number of nitrogens with one attached hydrogen (secondary N) is 1. The fourth-order valence-electron chi connectivity index (χ4n) is 3.04. The van der Waals surface area contributed by atoms with Crippen molar-refractivity contribution in [3.63, 3.8) is 0 Å². The first-order valence-electron chi connectivity index (χ1n) is 8.04. The second kappa shape index (κ2) is 6.69. The van der Waals surface area contributed by atoms with Gasteiger partial charge in [-0.15, -0.1) is 0 Å². The van der Waals surface area contributed by atoms with Crippen molar-refractivity contribution in [2.45, 2.75) is 26.3 Å². The lowest BCUT2D eigenvalue weighted by atomic mass is 10.1. The summed E-state index contributed by atoms with van der Waals surface area (Å²) in [6.07, 6.45) is 0.594. The summed E-state index contributed by atoms with van der Waals surface area (Å²) >= 11 is 5.84. The monoisotopic (exact) mass is 378 g/mol. The van der Waals surface area contributed by atoms with E-state index in [0.717, 1.165) is 5.56 Å². The molecule has 132 valence electrons. The topological polar surface area (TPSA) is 66.5 Å². The Bertz CT molecular complexity index is 910. The molecule has 0 saturated carbocycles. The Morgan fingerprint density at radius 3 is 2.56 bits per heavy atom. The van der Waals surface area contributed by atoms with Crippen LogP contribution in [0, 0.1) is 0 Å². The number of sulfonamides is 1.